The van der Waals surface area contributed by atoms with Crippen LogP contribution >= 0.6 is 0 Å². The summed E-state index contributed by atoms with van der Waals surface area (Å²) in [6.45, 7) is 2.35. The molecule has 2 amide bonds. The molecule has 0 bridgehead atoms. The van der Waals surface area contributed by atoms with Gasteiger partial charge in [-0.25, -0.2) is 13.9 Å². The fraction of sp³-hybridized carbons (Fsp3) is 0.278. The van der Waals surface area contributed by atoms with Crippen LogP contribution in [0.2, 0.25) is 0 Å². The number of aromatic nitrogens is 5. The molecule has 1 N–H and O–H groups in total. The molecule has 1 aliphatic rings. The summed E-state index contributed by atoms with van der Waals surface area (Å²) in [5, 5.41) is 23.7. The van der Waals surface area contributed by atoms with Crippen LogP contribution in [0.15, 0.2) is 36.8 Å². The van der Waals surface area contributed by atoms with E-state index in [1.54, 1.807) is 23.5 Å². The summed E-state index contributed by atoms with van der Waals surface area (Å²) < 4.78 is 17.3. The van der Waals surface area contributed by atoms with Crippen molar-refractivity contribution in [1.29, 1.82) is 5.26 Å². The average Bonchev–Trinajstić information content (AvgIpc) is 3.37. The number of halogens is 1. The van der Waals surface area contributed by atoms with Gasteiger partial charge in [-0.1, -0.05) is 0 Å². The van der Waals surface area contributed by atoms with Gasteiger partial charge in [0.15, 0.2) is 5.82 Å². The molecule has 10 nitrogen and oxygen atoms in total. The highest BCUT2D eigenvalue weighted by molar-refractivity contribution is 5.88. The minimum absolute atomic E-state index is 0.196. The van der Waals surface area contributed by atoms with E-state index < -0.39 is 5.82 Å². The Hall–Kier alpha value is -3.94. The van der Waals surface area contributed by atoms with E-state index >= 15 is 0 Å². The first-order chi connectivity index (χ1) is 14.0. The van der Waals surface area contributed by atoms with Gasteiger partial charge in [-0.15, -0.1) is 15.3 Å². The summed E-state index contributed by atoms with van der Waals surface area (Å²) in [5.41, 5.74) is 0.425. The van der Waals surface area contributed by atoms with Crippen LogP contribution in [0.4, 0.5) is 21.0 Å². The van der Waals surface area contributed by atoms with Gasteiger partial charge in [0.05, 0.1) is 11.6 Å². The van der Waals surface area contributed by atoms with E-state index in [4.69, 9.17) is 5.26 Å². The molecule has 1 aliphatic heterocycles. The molecule has 0 radical (unpaired) electrons. The molecule has 1 saturated heterocycles. The van der Waals surface area contributed by atoms with Gasteiger partial charge >= 0.3 is 6.03 Å². The third-order valence-electron chi connectivity index (χ3n) is 4.68. The van der Waals surface area contributed by atoms with E-state index in [1.807, 2.05) is 17.7 Å². The zero-order chi connectivity index (χ0) is 20.4. The van der Waals surface area contributed by atoms with Crippen molar-refractivity contribution < 1.29 is 9.18 Å². The lowest BCUT2D eigenvalue weighted by Gasteiger charge is -2.34. The average molecular weight is 395 g/mol. The number of nitriles is 1. The number of nitrogens with zero attached hydrogens (tertiary/aromatic N) is 8. The molecule has 0 unspecified atom stereocenters. The Balaban J connectivity index is 1.38. The molecular weight excluding hydrogens is 377 g/mol. The Kier molecular flexibility index (Phi) is 4.82. The Morgan fingerprint density at radius 3 is 2.69 bits per heavy atom. The minimum atomic E-state index is -0.565. The molecule has 0 saturated carbocycles. The molecule has 4 rings (SSSR count). The van der Waals surface area contributed by atoms with E-state index in [-0.39, 0.29) is 17.3 Å². The van der Waals surface area contributed by atoms with Crippen molar-refractivity contribution in [2.24, 2.45) is 7.05 Å². The second-order valence-electron chi connectivity index (χ2n) is 6.57. The predicted molar refractivity (Wildman–Crippen MR) is 102 cm³/mol. The Morgan fingerprint density at radius 2 is 2.03 bits per heavy atom. The first-order valence-corrected chi connectivity index (χ1v) is 8.96. The Bertz CT molecular complexity index is 1080. The topological polar surface area (TPSA) is 108 Å². The molecule has 0 spiro atoms. The maximum Gasteiger partial charge on any atom is 0.323 e. The first kappa shape index (κ1) is 18.4. The summed E-state index contributed by atoms with van der Waals surface area (Å²) in [6, 6.07) is 7.33. The molecular formula is C18H18FN9O. The van der Waals surface area contributed by atoms with Crippen molar-refractivity contribution in [3.05, 3.63) is 48.2 Å². The van der Waals surface area contributed by atoms with Gasteiger partial charge in [0.2, 0.25) is 5.95 Å². The largest absolute Gasteiger partial charge is 0.337 e. The summed E-state index contributed by atoms with van der Waals surface area (Å²) in [4.78, 5) is 16.3. The second kappa shape index (κ2) is 7.59. The van der Waals surface area contributed by atoms with Crippen molar-refractivity contribution in [1.82, 2.24) is 29.4 Å². The van der Waals surface area contributed by atoms with Gasteiger partial charge in [-0.3, -0.25) is 5.32 Å². The third kappa shape index (κ3) is 3.73. The lowest BCUT2D eigenvalue weighted by Crippen LogP contribution is -2.50. The number of nitrogens with one attached hydrogen (secondary N) is 1. The summed E-state index contributed by atoms with van der Waals surface area (Å²) in [5.74, 6) is 0.521. The number of piperazine rings is 1. The molecule has 148 valence electrons. The Labute approximate surface area is 165 Å². The van der Waals surface area contributed by atoms with Crippen molar-refractivity contribution in [2.75, 3.05) is 36.4 Å². The number of anilines is 2. The van der Waals surface area contributed by atoms with Crippen molar-refractivity contribution in [3.8, 4) is 11.8 Å². The fourth-order valence-corrected chi connectivity index (χ4v) is 3.15. The van der Waals surface area contributed by atoms with Crippen LogP contribution in [0.1, 0.15) is 5.56 Å². The second-order valence-corrected chi connectivity index (χ2v) is 6.57. The standard InChI is InChI=1S/C18H18FN9O/c1-25-12-21-23-17(25)26-6-8-27(9-7-26)18(29)22-16-4-5-28(24-16)15-3-2-13(11-20)10-14(15)19/h2-5,10,12H,6-9H2,1H3,(H,22,24,29). The number of rotatable bonds is 3. The number of hydrogen-bond acceptors (Lipinski definition) is 6. The van der Waals surface area contributed by atoms with E-state index in [0.29, 0.717) is 32.0 Å². The van der Waals surface area contributed by atoms with Crippen LogP contribution in [-0.2, 0) is 7.05 Å². The van der Waals surface area contributed by atoms with Crippen LogP contribution in [0.3, 0.4) is 0 Å². The lowest BCUT2D eigenvalue weighted by molar-refractivity contribution is 0.207. The first-order valence-electron chi connectivity index (χ1n) is 8.96. The van der Waals surface area contributed by atoms with Crippen LogP contribution in [-0.4, -0.2) is 61.7 Å². The molecule has 0 aliphatic carbocycles. The molecule has 1 fully saturated rings. The lowest BCUT2D eigenvalue weighted by atomic mass is 10.2. The Morgan fingerprint density at radius 1 is 1.24 bits per heavy atom. The number of carbonyl (C=O) groups is 1. The molecule has 0 atom stereocenters. The molecule has 2 aromatic heterocycles. The fourth-order valence-electron chi connectivity index (χ4n) is 3.15. The summed E-state index contributed by atoms with van der Waals surface area (Å²) in [6.07, 6.45) is 3.19. The molecule has 11 heteroatoms. The number of aryl methyl sites for hydroxylation is 1. The molecule has 1 aromatic carbocycles. The number of hydrogen-bond donors (Lipinski definition) is 1. The third-order valence-corrected chi connectivity index (χ3v) is 4.68. The quantitative estimate of drug-likeness (QED) is 0.718. The van der Waals surface area contributed by atoms with Crippen LogP contribution < -0.4 is 10.2 Å². The van der Waals surface area contributed by atoms with Crippen molar-refractivity contribution in [2.45, 2.75) is 0 Å². The summed E-state index contributed by atoms with van der Waals surface area (Å²) >= 11 is 0. The van der Waals surface area contributed by atoms with Gasteiger partial charge in [0.25, 0.3) is 0 Å². The van der Waals surface area contributed by atoms with E-state index in [9.17, 15) is 9.18 Å². The van der Waals surface area contributed by atoms with Gasteiger partial charge in [-0.05, 0) is 18.2 Å². The van der Waals surface area contributed by atoms with Crippen LogP contribution in [0, 0.1) is 17.1 Å². The van der Waals surface area contributed by atoms with Crippen LogP contribution in [0.5, 0.6) is 0 Å². The van der Waals surface area contributed by atoms with Crippen LogP contribution in [0.25, 0.3) is 5.69 Å². The maximum absolute atomic E-state index is 14.1. The number of amides is 2. The highest BCUT2D eigenvalue weighted by Crippen LogP contribution is 2.17. The number of benzene rings is 1. The van der Waals surface area contributed by atoms with Gasteiger partial charge < -0.3 is 14.4 Å². The van der Waals surface area contributed by atoms with Gasteiger partial charge in [0, 0.05) is 45.5 Å². The summed E-state index contributed by atoms with van der Waals surface area (Å²) in [7, 11) is 1.88. The SMILES string of the molecule is Cn1cnnc1N1CCN(C(=O)Nc2ccn(-c3ccc(C#N)cc3F)n2)CC1. The van der Waals surface area contributed by atoms with Crippen molar-refractivity contribution >= 4 is 17.8 Å². The molecule has 3 aromatic rings. The van der Waals surface area contributed by atoms with Crippen molar-refractivity contribution in [3.63, 3.8) is 0 Å². The number of carbonyl (C=O) groups excluding carboxylic acids is 1. The van der Waals surface area contributed by atoms with Gasteiger partial charge in [-0.2, -0.15) is 5.26 Å². The monoisotopic (exact) mass is 395 g/mol. The van der Waals surface area contributed by atoms with E-state index in [1.165, 1.54) is 16.8 Å². The number of urea groups is 1. The predicted octanol–water partition coefficient (Wildman–Crippen LogP) is 1.37. The normalized spacial score (nSPS) is 14.0. The highest BCUT2D eigenvalue weighted by atomic mass is 19.1. The highest BCUT2D eigenvalue weighted by Gasteiger charge is 2.24. The van der Waals surface area contributed by atoms with Gasteiger partial charge in [0.1, 0.15) is 17.8 Å². The smallest absolute Gasteiger partial charge is 0.323 e. The molecule has 29 heavy (non-hydrogen) atoms. The zero-order valence-corrected chi connectivity index (χ0v) is 15.7. The molecule has 3 heterocycles. The van der Waals surface area contributed by atoms with E-state index in [0.717, 1.165) is 12.0 Å². The zero-order valence-electron chi connectivity index (χ0n) is 15.7. The maximum atomic E-state index is 14.1. The minimum Gasteiger partial charge on any atom is -0.337 e. The van der Waals surface area contributed by atoms with E-state index in [2.05, 4.69) is 25.5 Å².